The van der Waals surface area contributed by atoms with Crippen LogP contribution in [0, 0.1) is 5.92 Å². The topological polar surface area (TPSA) is 59.2 Å². The third-order valence-electron chi connectivity index (χ3n) is 4.64. The van der Waals surface area contributed by atoms with Crippen molar-refractivity contribution in [2.24, 2.45) is 11.7 Å². The fraction of sp³-hybridized carbons (Fsp3) is 0.529. The van der Waals surface area contributed by atoms with Crippen molar-refractivity contribution in [3.8, 4) is 0 Å². The van der Waals surface area contributed by atoms with Gasteiger partial charge >= 0.3 is 0 Å². The molecule has 2 unspecified atom stereocenters. The molecule has 1 aromatic carbocycles. The van der Waals surface area contributed by atoms with Crippen molar-refractivity contribution in [2.45, 2.75) is 44.7 Å². The van der Waals surface area contributed by atoms with Crippen molar-refractivity contribution in [3.63, 3.8) is 0 Å². The van der Waals surface area contributed by atoms with E-state index in [1.807, 2.05) is 32.2 Å². The van der Waals surface area contributed by atoms with Gasteiger partial charge in [-0.25, -0.2) is 4.98 Å². The molecule has 1 amide bonds. The minimum absolute atomic E-state index is 0.0689. The molecule has 1 heterocycles. The maximum atomic E-state index is 12.8. The maximum absolute atomic E-state index is 12.8. The van der Waals surface area contributed by atoms with Gasteiger partial charge in [0.2, 0.25) is 5.91 Å². The molecule has 0 saturated heterocycles. The summed E-state index contributed by atoms with van der Waals surface area (Å²) in [5.74, 6) is 0.0876. The lowest BCUT2D eigenvalue weighted by Gasteiger charge is -2.39. The molecule has 1 aromatic heterocycles. The van der Waals surface area contributed by atoms with E-state index in [1.165, 1.54) is 4.70 Å². The summed E-state index contributed by atoms with van der Waals surface area (Å²) in [5, 5.41) is 0.978. The molecule has 3 rings (SSSR count). The average Bonchev–Trinajstić information content (AvgIpc) is 2.88. The second kappa shape index (κ2) is 5.97. The monoisotopic (exact) mass is 317 g/mol. The average molecular weight is 317 g/mol. The highest BCUT2D eigenvalue weighted by molar-refractivity contribution is 7.18. The van der Waals surface area contributed by atoms with E-state index in [0.717, 1.165) is 36.2 Å². The van der Waals surface area contributed by atoms with Crippen LogP contribution < -0.4 is 5.73 Å². The SMILES string of the molecule is CN(Cc1nc2ccccc2s1)C(=O)C1CCCCC1(C)N. The van der Waals surface area contributed by atoms with Gasteiger partial charge in [-0.1, -0.05) is 25.0 Å². The van der Waals surface area contributed by atoms with E-state index in [-0.39, 0.29) is 17.4 Å². The number of fused-ring (bicyclic) bond motifs is 1. The van der Waals surface area contributed by atoms with Gasteiger partial charge < -0.3 is 10.6 Å². The largest absolute Gasteiger partial charge is 0.339 e. The maximum Gasteiger partial charge on any atom is 0.227 e. The number of nitrogens with zero attached hydrogens (tertiary/aromatic N) is 2. The van der Waals surface area contributed by atoms with E-state index < -0.39 is 0 Å². The van der Waals surface area contributed by atoms with Crippen LogP contribution in [0.15, 0.2) is 24.3 Å². The number of hydrogen-bond acceptors (Lipinski definition) is 4. The molecule has 1 saturated carbocycles. The van der Waals surface area contributed by atoms with Crippen molar-refractivity contribution in [3.05, 3.63) is 29.3 Å². The first kappa shape index (κ1) is 15.4. The van der Waals surface area contributed by atoms with Crippen molar-refractivity contribution in [1.29, 1.82) is 0 Å². The van der Waals surface area contributed by atoms with Crippen LogP contribution in [0.25, 0.3) is 10.2 Å². The van der Waals surface area contributed by atoms with Crippen molar-refractivity contribution < 1.29 is 4.79 Å². The molecule has 118 valence electrons. The molecule has 4 nitrogen and oxygen atoms in total. The van der Waals surface area contributed by atoms with Gasteiger partial charge in [0.1, 0.15) is 5.01 Å². The molecule has 22 heavy (non-hydrogen) atoms. The number of para-hydroxylation sites is 1. The lowest BCUT2D eigenvalue weighted by molar-refractivity contribution is -0.138. The number of carbonyl (C=O) groups is 1. The van der Waals surface area contributed by atoms with Crippen molar-refractivity contribution >= 4 is 27.5 Å². The zero-order valence-electron chi connectivity index (χ0n) is 13.2. The number of carbonyl (C=O) groups excluding carboxylic acids is 1. The summed E-state index contributed by atoms with van der Waals surface area (Å²) < 4.78 is 1.17. The van der Waals surface area contributed by atoms with Gasteiger partial charge in [0.05, 0.1) is 22.7 Å². The Bertz CT molecular complexity index is 646. The number of thiazole rings is 1. The number of amides is 1. The molecule has 0 bridgehead atoms. The first-order chi connectivity index (χ1) is 10.5. The lowest BCUT2D eigenvalue weighted by Crippen LogP contribution is -2.53. The predicted octanol–water partition coefficient (Wildman–Crippen LogP) is 3.16. The van der Waals surface area contributed by atoms with Crippen LogP contribution in [-0.4, -0.2) is 28.4 Å². The molecule has 2 aromatic rings. The molecular formula is C17H23N3OS. The summed E-state index contributed by atoms with van der Waals surface area (Å²) in [6.07, 6.45) is 4.05. The van der Waals surface area contributed by atoms with Crippen LogP contribution in [-0.2, 0) is 11.3 Å². The molecule has 0 aliphatic heterocycles. The van der Waals surface area contributed by atoms with Crippen LogP contribution in [0.2, 0.25) is 0 Å². The van der Waals surface area contributed by atoms with Crippen molar-refractivity contribution in [1.82, 2.24) is 9.88 Å². The molecule has 1 fully saturated rings. The van der Waals surface area contributed by atoms with E-state index in [0.29, 0.717) is 6.54 Å². The third-order valence-corrected chi connectivity index (χ3v) is 5.66. The van der Waals surface area contributed by atoms with Crippen LogP contribution in [0.1, 0.15) is 37.6 Å². The zero-order chi connectivity index (χ0) is 15.7. The minimum atomic E-state index is -0.378. The van der Waals surface area contributed by atoms with E-state index >= 15 is 0 Å². The first-order valence-corrected chi connectivity index (χ1v) is 8.67. The molecular weight excluding hydrogens is 294 g/mol. The molecule has 0 radical (unpaired) electrons. The smallest absolute Gasteiger partial charge is 0.227 e. The minimum Gasteiger partial charge on any atom is -0.339 e. The van der Waals surface area contributed by atoms with Gasteiger partial charge in [-0.2, -0.15) is 0 Å². The summed E-state index contributed by atoms with van der Waals surface area (Å²) in [5.41, 5.74) is 6.98. The highest BCUT2D eigenvalue weighted by Crippen LogP contribution is 2.33. The standard InChI is InChI=1S/C17H23N3OS/c1-17(18)10-6-5-7-12(17)16(21)20(2)11-15-19-13-8-3-4-9-14(13)22-15/h3-4,8-9,12H,5-7,10-11,18H2,1-2H3. The van der Waals surface area contributed by atoms with Crippen LogP contribution in [0.3, 0.4) is 0 Å². The highest BCUT2D eigenvalue weighted by atomic mass is 32.1. The second-order valence-electron chi connectivity index (χ2n) is 6.57. The van der Waals surface area contributed by atoms with Gasteiger partial charge in [-0.15, -0.1) is 11.3 Å². The summed E-state index contributed by atoms with van der Waals surface area (Å²) >= 11 is 1.65. The number of rotatable bonds is 3. The Labute approximate surface area is 135 Å². The molecule has 2 N–H and O–H groups in total. The second-order valence-corrected chi connectivity index (χ2v) is 7.69. The Morgan fingerprint density at radius 2 is 2.23 bits per heavy atom. The van der Waals surface area contributed by atoms with E-state index in [2.05, 4.69) is 11.1 Å². The highest BCUT2D eigenvalue weighted by Gasteiger charge is 2.39. The molecule has 0 spiro atoms. The van der Waals surface area contributed by atoms with Gasteiger partial charge in [-0.3, -0.25) is 4.79 Å². The lowest BCUT2D eigenvalue weighted by atomic mass is 9.74. The Balaban J connectivity index is 1.73. The number of benzene rings is 1. The van der Waals surface area contributed by atoms with Crippen LogP contribution in [0.4, 0.5) is 0 Å². The quantitative estimate of drug-likeness (QED) is 0.946. The number of aromatic nitrogens is 1. The molecule has 2 atom stereocenters. The Morgan fingerprint density at radius 1 is 1.45 bits per heavy atom. The zero-order valence-corrected chi connectivity index (χ0v) is 14.0. The predicted molar refractivity (Wildman–Crippen MR) is 90.6 cm³/mol. The first-order valence-electron chi connectivity index (χ1n) is 7.86. The summed E-state index contributed by atoms with van der Waals surface area (Å²) in [6.45, 7) is 2.57. The summed E-state index contributed by atoms with van der Waals surface area (Å²) in [6, 6.07) is 8.08. The number of nitrogens with two attached hydrogens (primary N) is 1. The van der Waals surface area contributed by atoms with Gasteiger partial charge in [0.15, 0.2) is 0 Å². The number of hydrogen-bond donors (Lipinski definition) is 1. The Kier molecular flexibility index (Phi) is 4.19. The van der Waals surface area contributed by atoms with E-state index in [9.17, 15) is 4.79 Å². The normalized spacial score (nSPS) is 25.3. The molecule has 5 heteroatoms. The van der Waals surface area contributed by atoms with Gasteiger partial charge in [-0.05, 0) is 31.9 Å². The molecule has 1 aliphatic carbocycles. The summed E-state index contributed by atoms with van der Waals surface area (Å²) in [4.78, 5) is 19.2. The fourth-order valence-corrected chi connectivity index (χ4v) is 4.32. The molecule has 1 aliphatic rings. The summed E-state index contributed by atoms with van der Waals surface area (Å²) in [7, 11) is 1.86. The third kappa shape index (κ3) is 3.01. The van der Waals surface area contributed by atoms with Gasteiger partial charge in [0, 0.05) is 12.6 Å². The Morgan fingerprint density at radius 3 is 2.95 bits per heavy atom. The van der Waals surface area contributed by atoms with E-state index in [1.54, 1.807) is 16.2 Å². The van der Waals surface area contributed by atoms with Crippen molar-refractivity contribution in [2.75, 3.05) is 7.05 Å². The Hall–Kier alpha value is -1.46. The van der Waals surface area contributed by atoms with Gasteiger partial charge in [0.25, 0.3) is 0 Å². The van der Waals surface area contributed by atoms with Crippen LogP contribution in [0.5, 0.6) is 0 Å². The van der Waals surface area contributed by atoms with Crippen LogP contribution >= 0.6 is 11.3 Å². The fourth-order valence-electron chi connectivity index (χ4n) is 3.30. The van der Waals surface area contributed by atoms with E-state index in [4.69, 9.17) is 5.73 Å².